The van der Waals surface area contributed by atoms with E-state index in [0.29, 0.717) is 6.54 Å². The van der Waals surface area contributed by atoms with Crippen LogP contribution < -0.4 is 11.1 Å². The third-order valence-corrected chi connectivity index (χ3v) is 3.63. The Morgan fingerprint density at radius 3 is 2.88 bits per heavy atom. The van der Waals surface area contributed by atoms with Gasteiger partial charge in [-0.3, -0.25) is 4.79 Å². The number of carbonyl (C=O) groups is 1. The molecule has 0 spiro atoms. The average Bonchev–Trinajstić information content (AvgIpc) is 2.61. The predicted molar refractivity (Wildman–Crippen MR) is 71.8 cm³/mol. The molecule has 0 aromatic heterocycles. The molecule has 0 saturated carbocycles. The monoisotopic (exact) mass is 297 g/mol. The van der Waals surface area contributed by atoms with Crippen molar-refractivity contribution in [1.82, 2.24) is 4.90 Å². The highest BCUT2D eigenvalue weighted by Crippen LogP contribution is 2.26. The number of nitrogens with two attached hydrogens (primary N) is 1. The molecule has 1 unspecified atom stereocenters. The second-order valence-electron chi connectivity index (χ2n) is 4.57. The summed E-state index contributed by atoms with van der Waals surface area (Å²) in [6.45, 7) is 1.53. The molecule has 0 bridgehead atoms. The Morgan fingerprint density at radius 2 is 2.35 bits per heavy atom. The molecule has 2 rings (SSSR count). The van der Waals surface area contributed by atoms with Crippen molar-refractivity contribution in [3.63, 3.8) is 0 Å². The lowest BCUT2D eigenvalue weighted by Gasteiger charge is -2.28. The highest BCUT2D eigenvalue weighted by molar-refractivity contribution is 9.10. The third kappa shape index (κ3) is 2.61. The fourth-order valence-corrected chi connectivity index (χ4v) is 2.61. The van der Waals surface area contributed by atoms with Crippen LogP contribution in [0.25, 0.3) is 0 Å². The summed E-state index contributed by atoms with van der Waals surface area (Å²) in [5.41, 5.74) is 5.81. The summed E-state index contributed by atoms with van der Waals surface area (Å²) >= 11 is 3.41. The third-order valence-electron chi connectivity index (χ3n) is 3.14. The minimum atomic E-state index is -0.643. The van der Waals surface area contributed by atoms with E-state index >= 15 is 0 Å². The zero-order valence-corrected chi connectivity index (χ0v) is 11.3. The van der Waals surface area contributed by atoms with Crippen LogP contribution in [0.2, 0.25) is 0 Å². The second-order valence-corrected chi connectivity index (χ2v) is 5.49. The van der Waals surface area contributed by atoms with E-state index in [2.05, 4.69) is 26.1 Å². The summed E-state index contributed by atoms with van der Waals surface area (Å²) in [7, 11) is 1.99. The van der Waals surface area contributed by atoms with E-state index in [1.165, 1.54) is 0 Å². The van der Waals surface area contributed by atoms with Crippen LogP contribution in [0.15, 0.2) is 28.7 Å². The molecule has 1 aliphatic heterocycles. The zero-order chi connectivity index (χ0) is 12.5. The number of halogens is 1. The molecule has 1 aromatic rings. The van der Waals surface area contributed by atoms with Crippen molar-refractivity contribution >= 4 is 27.5 Å². The fraction of sp³-hybridized carbons (Fsp3) is 0.417. The summed E-state index contributed by atoms with van der Waals surface area (Å²) in [5.74, 6) is -0.290. The van der Waals surface area contributed by atoms with Crippen LogP contribution in [0.3, 0.4) is 0 Å². The topological polar surface area (TPSA) is 58.4 Å². The first-order valence-corrected chi connectivity index (χ1v) is 6.33. The van der Waals surface area contributed by atoms with Crippen LogP contribution in [0.1, 0.15) is 6.42 Å². The van der Waals surface area contributed by atoms with E-state index < -0.39 is 5.54 Å². The number of likely N-dealkylation sites (tertiary alicyclic amines) is 1. The van der Waals surface area contributed by atoms with Gasteiger partial charge in [0, 0.05) is 23.2 Å². The van der Waals surface area contributed by atoms with Crippen molar-refractivity contribution < 1.29 is 4.79 Å². The number of rotatable bonds is 3. The maximum atomic E-state index is 11.7. The first-order chi connectivity index (χ1) is 8.02. The number of hydrogen-bond acceptors (Lipinski definition) is 3. The van der Waals surface area contributed by atoms with Crippen molar-refractivity contribution in [2.24, 2.45) is 5.73 Å². The van der Waals surface area contributed by atoms with Crippen LogP contribution >= 0.6 is 15.9 Å². The highest BCUT2D eigenvalue weighted by Gasteiger charge is 2.42. The first-order valence-electron chi connectivity index (χ1n) is 5.54. The van der Waals surface area contributed by atoms with Gasteiger partial charge >= 0.3 is 0 Å². The number of hydrogen-bond donors (Lipinski definition) is 2. The predicted octanol–water partition coefficient (Wildman–Crippen LogP) is 1.42. The standard InChI is InChI=1S/C12H16BrN3O/c1-16-6-5-12(8-16,11(14)17)15-10-4-2-3-9(13)7-10/h2-4,7,15H,5-6,8H2,1H3,(H2,14,17). The van der Waals surface area contributed by atoms with Gasteiger partial charge in [0.15, 0.2) is 0 Å². The lowest BCUT2D eigenvalue weighted by Crippen LogP contribution is -2.52. The number of nitrogens with zero attached hydrogens (tertiary/aromatic N) is 1. The largest absolute Gasteiger partial charge is 0.370 e. The van der Waals surface area contributed by atoms with Gasteiger partial charge in [-0.25, -0.2) is 0 Å². The lowest BCUT2D eigenvalue weighted by atomic mass is 9.97. The molecule has 1 fully saturated rings. The van der Waals surface area contributed by atoms with E-state index in [1.807, 2.05) is 31.3 Å². The van der Waals surface area contributed by atoms with Gasteiger partial charge in [-0.15, -0.1) is 0 Å². The van der Waals surface area contributed by atoms with Gasteiger partial charge in [-0.2, -0.15) is 0 Å². The normalized spacial score (nSPS) is 24.8. The maximum absolute atomic E-state index is 11.7. The van der Waals surface area contributed by atoms with Crippen molar-refractivity contribution in [3.05, 3.63) is 28.7 Å². The van der Waals surface area contributed by atoms with Crippen LogP contribution in [-0.4, -0.2) is 36.5 Å². The quantitative estimate of drug-likeness (QED) is 0.887. The molecule has 5 heteroatoms. The molecule has 1 heterocycles. The minimum absolute atomic E-state index is 0.290. The molecule has 4 nitrogen and oxygen atoms in total. The molecular weight excluding hydrogens is 282 g/mol. The first kappa shape index (κ1) is 12.4. The van der Waals surface area contributed by atoms with E-state index in [1.54, 1.807) is 0 Å². The molecule has 1 saturated heterocycles. The van der Waals surface area contributed by atoms with Crippen LogP contribution in [-0.2, 0) is 4.79 Å². The Bertz CT molecular complexity index is 438. The highest BCUT2D eigenvalue weighted by atomic mass is 79.9. The molecule has 1 atom stereocenters. The maximum Gasteiger partial charge on any atom is 0.244 e. The summed E-state index contributed by atoms with van der Waals surface area (Å²) in [6.07, 6.45) is 0.741. The van der Waals surface area contributed by atoms with Crippen molar-refractivity contribution in [1.29, 1.82) is 0 Å². The van der Waals surface area contributed by atoms with E-state index in [-0.39, 0.29) is 5.91 Å². The second kappa shape index (κ2) is 4.66. The van der Waals surface area contributed by atoms with Crippen molar-refractivity contribution in [2.75, 3.05) is 25.5 Å². The number of primary amides is 1. The van der Waals surface area contributed by atoms with Crippen molar-refractivity contribution in [2.45, 2.75) is 12.0 Å². The van der Waals surface area contributed by atoms with Gasteiger partial charge in [0.1, 0.15) is 5.54 Å². The van der Waals surface area contributed by atoms with Gasteiger partial charge in [-0.1, -0.05) is 22.0 Å². The summed E-state index contributed by atoms with van der Waals surface area (Å²) in [6, 6.07) is 7.76. The van der Waals surface area contributed by atoms with Gasteiger partial charge in [0.25, 0.3) is 0 Å². The van der Waals surface area contributed by atoms with Gasteiger partial charge in [0.05, 0.1) is 0 Å². The van der Waals surface area contributed by atoms with Crippen LogP contribution in [0.4, 0.5) is 5.69 Å². The fourth-order valence-electron chi connectivity index (χ4n) is 2.21. The number of anilines is 1. The molecule has 17 heavy (non-hydrogen) atoms. The minimum Gasteiger partial charge on any atom is -0.370 e. The molecule has 1 amide bonds. The Labute approximate surface area is 109 Å². The Balaban J connectivity index is 2.22. The molecular formula is C12H16BrN3O. The van der Waals surface area contributed by atoms with Crippen LogP contribution in [0.5, 0.6) is 0 Å². The molecule has 1 aromatic carbocycles. The molecule has 0 aliphatic carbocycles. The van der Waals surface area contributed by atoms with Crippen molar-refractivity contribution in [3.8, 4) is 0 Å². The molecule has 3 N–H and O–H groups in total. The Morgan fingerprint density at radius 1 is 1.59 bits per heavy atom. The molecule has 92 valence electrons. The van der Waals surface area contributed by atoms with Crippen LogP contribution in [0, 0.1) is 0 Å². The number of carbonyl (C=O) groups excluding carboxylic acids is 1. The smallest absolute Gasteiger partial charge is 0.244 e. The molecule has 1 aliphatic rings. The number of benzene rings is 1. The Hall–Kier alpha value is -1.07. The number of likely N-dealkylation sites (N-methyl/N-ethyl adjacent to an activating group) is 1. The Kier molecular flexibility index (Phi) is 3.40. The van der Waals surface area contributed by atoms with E-state index in [0.717, 1.165) is 23.1 Å². The summed E-state index contributed by atoms with van der Waals surface area (Å²) < 4.78 is 0.980. The van der Waals surface area contributed by atoms with Gasteiger partial charge in [0.2, 0.25) is 5.91 Å². The number of nitrogens with one attached hydrogen (secondary N) is 1. The van der Waals surface area contributed by atoms with E-state index in [4.69, 9.17) is 5.73 Å². The molecule has 0 radical (unpaired) electrons. The number of amides is 1. The summed E-state index contributed by atoms with van der Waals surface area (Å²) in [4.78, 5) is 13.8. The van der Waals surface area contributed by atoms with Gasteiger partial charge < -0.3 is 16.0 Å². The SMILES string of the molecule is CN1CCC(Nc2cccc(Br)c2)(C(N)=O)C1. The average molecular weight is 298 g/mol. The van der Waals surface area contributed by atoms with E-state index in [9.17, 15) is 4.79 Å². The lowest BCUT2D eigenvalue weighted by molar-refractivity contribution is -0.121. The summed E-state index contributed by atoms with van der Waals surface area (Å²) in [5, 5.41) is 3.28. The zero-order valence-electron chi connectivity index (χ0n) is 9.74. The van der Waals surface area contributed by atoms with Gasteiger partial charge in [-0.05, 0) is 31.7 Å².